The van der Waals surface area contributed by atoms with Crippen molar-refractivity contribution in [1.82, 2.24) is 35.5 Å². The maximum atomic E-state index is 13.0. The molecule has 0 spiro atoms. The fourth-order valence-electron chi connectivity index (χ4n) is 3.30. The first-order valence-corrected chi connectivity index (χ1v) is 10.5. The van der Waals surface area contributed by atoms with Crippen LogP contribution in [0.4, 0.5) is 0 Å². The van der Waals surface area contributed by atoms with Crippen LogP contribution in [0.15, 0.2) is 54.9 Å². The third kappa shape index (κ3) is 4.69. The van der Waals surface area contributed by atoms with Crippen LogP contribution in [-0.2, 0) is 6.54 Å². The predicted octanol–water partition coefficient (Wildman–Crippen LogP) is 3.79. The highest BCUT2D eigenvalue weighted by molar-refractivity contribution is 5.96. The van der Waals surface area contributed by atoms with Crippen molar-refractivity contribution in [2.24, 2.45) is 0 Å². The van der Waals surface area contributed by atoms with Crippen molar-refractivity contribution in [3.05, 3.63) is 83.2 Å². The van der Waals surface area contributed by atoms with Gasteiger partial charge in [-0.2, -0.15) is 4.68 Å². The Hall–Kier alpha value is -3.94. The van der Waals surface area contributed by atoms with Crippen molar-refractivity contribution >= 4 is 5.91 Å². The number of benzene rings is 2. The van der Waals surface area contributed by atoms with Gasteiger partial charge < -0.3 is 5.32 Å². The number of rotatable bonds is 6. The second-order valence-electron chi connectivity index (χ2n) is 8.07. The molecule has 8 heteroatoms. The van der Waals surface area contributed by atoms with E-state index in [0.717, 1.165) is 28.3 Å². The van der Waals surface area contributed by atoms with Gasteiger partial charge in [-0.05, 0) is 53.6 Å². The molecule has 2 aromatic heterocycles. The fraction of sp³-hybridized carbons (Fsp3) is 0.250. The highest BCUT2D eigenvalue weighted by Crippen LogP contribution is 2.26. The number of amides is 1. The standard InChI is InChI=1S/C24H25N7O/c1-15(2)23-28-29-30-31(23)22-10-19(18-7-5-16(3)6-8-18)9-20(11-22)24(32)27-14-21-13-25-17(4)12-26-21/h5-13,15H,14H2,1-4H3,(H,27,32). The van der Waals surface area contributed by atoms with Crippen LogP contribution in [0.3, 0.4) is 0 Å². The molecule has 1 N–H and O–H groups in total. The van der Waals surface area contributed by atoms with Gasteiger partial charge in [0.25, 0.3) is 5.91 Å². The molecule has 0 fully saturated rings. The summed E-state index contributed by atoms with van der Waals surface area (Å²) in [5.41, 5.74) is 5.87. The third-order valence-corrected chi connectivity index (χ3v) is 5.08. The Labute approximate surface area is 186 Å². The van der Waals surface area contributed by atoms with Crippen LogP contribution in [0, 0.1) is 13.8 Å². The van der Waals surface area contributed by atoms with Gasteiger partial charge in [0, 0.05) is 17.7 Å². The molecule has 0 aliphatic carbocycles. The molecule has 0 unspecified atom stereocenters. The Morgan fingerprint density at radius 3 is 2.47 bits per heavy atom. The SMILES string of the molecule is Cc1ccc(-c2cc(C(=O)NCc3cnc(C)cn3)cc(-n3nnnc3C(C)C)c2)cc1. The summed E-state index contributed by atoms with van der Waals surface area (Å²) in [7, 11) is 0. The van der Waals surface area contributed by atoms with Crippen LogP contribution in [0.5, 0.6) is 0 Å². The van der Waals surface area contributed by atoms with Crippen molar-refractivity contribution in [3.63, 3.8) is 0 Å². The van der Waals surface area contributed by atoms with Gasteiger partial charge in [-0.15, -0.1) is 5.10 Å². The monoisotopic (exact) mass is 427 g/mol. The van der Waals surface area contributed by atoms with Gasteiger partial charge in [0.1, 0.15) is 0 Å². The lowest BCUT2D eigenvalue weighted by molar-refractivity contribution is 0.0950. The van der Waals surface area contributed by atoms with Gasteiger partial charge >= 0.3 is 0 Å². The molecule has 0 aliphatic rings. The number of carbonyl (C=O) groups excluding carboxylic acids is 1. The number of nitrogens with zero attached hydrogens (tertiary/aromatic N) is 6. The highest BCUT2D eigenvalue weighted by Gasteiger charge is 2.16. The summed E-state index contributed by atoms with van der Waals surface area (Å²) in [6.07, 6.45) is 3.35. The average Bonchev–Trinajstić information content (AvgIpc) is 3.29. The van der Waals surface area contributed by atoms with Crippen LogP contribution >= 0.6 is 0 Å². The van der Waals surface area contributed by atoms with Crippen LogP contribution in [-0.4, -0.2) is 36.1 Å². The van der Waals surface area contributed by atoms with Crippen molar-refractivity contribution in [2.45, 2.75) is 40.2 Å². The molecule has 2 heterocycles. The van der Waals surface area contributed by atoms with Crippen LogP contribution < -0.4 is 5.32 Å². The molecule has 0 radical (unpaired) electrons. The first-order chi connectivity index (χ1) is 15.4. The number of aromatic nitrogens is 6. The summed E-state index contributed by atoms with van der Waals surface area (Å²) in [6.45, 7) is 8.27. The summed E-state index contributed by atoms with van der Waals surface area (Å²) in [4.78, 5) is 21.6. The van der Waals surface area contributed by atoms with E-state index >= 15 is 0 Å². The lowest BCUT2D eigenvalue weighted by Gasteiger charge is -2.13. The zero-order valence-electron chi connectivity index (χ0n) is 18.6. The lowest BCUT2D eigenvalue weighted by Crippen LogP contribution is -2.23. The molecule has 162 valence electrons. The summed E-state index contributed by atoms with van der Waals surface area (Å²) < 4.78 is 1.69. The zero-order chi connectivity index (χ0) is 22.7. The maximum Gasteiger partial charge on any atom is 0.251 e. The molecular formula is C24H25N7O. The minimum Gasteiger partial charge on any atom is -0.346 e. The summed E-state index contributed by atoms with van der Waals surface area (Å²) in [5, 5.41) is 15.1. The summed E-state index contributed by atoms with van der Waals surface area (Å²) in [5.74, 6) is 0.652. The van der Waals surface area contributed by atoms with Gasteiger partial charge in [0.15, 0.2) is 5.82 Å². The molecule has 8 nitrogen and oxygen atoms in total. The lowest BCUT2D eigenvalue weighted by atomic mass is 10.0. The van der Waals surface area contributed by atoms with Gasteiger partial charge in [-0.3, -0.25) is 14.8 Å². The predicted molar refractivity (Wildman–Crippen MR) is 121 cm³/mol. The van der Waals surface area contributed by atoms with Crippen molar-refractivity contribution in [1.29, 1.82) is 0 Å². The highest BCUT2D eigenvalue weighted by atomic mass is 16.1. The largest absolute Gasteiger partial charge is 0.346 e. The van der Waals surface area contributed by atoms with E-state index in [1.807, 2.05) is 64.1 Å². The van der Waals surface area contributed by atoms with Crippen molar-refractivity contribution in [3.8, 4) is 16.8 Å². The van der Waals surface area contributed by atoms with E-state index in [0.29, 0.717) is 17.8 Å². The first kappa shape index (κ1) is 21.3. The van der Waals surface area contributed by atoms with Gasteiger partial charge in [-0.25, -0.2) is 0 Å². The Balaban J connectivity index is 1.71. The van der Waals surface area contributed by atoms with E-state index in [1.54, 1.807) is 23.1 Å². The Bertz CT molecular complexity index is 1230. The minimum absolute atomic E-state index is 0.130. The normalized spacial score (nSPS) is 11.0. The van der Waals surface area contributed by atoms with E-state index in [4.69, 9.17) is 0 Å². The molecule has 0 atom stereocenters. The summed E-state index contributed by atoms with van der Waals surface area (Å²) >= 11 is 0. The topological polar surface area (TPSA) is 98.5 Å². The average molecular weight is 428 g/mol. The molecule has 1 amide bonds. The van der Waals surface area contributed by atoms with Crippen LogP contribution in [0.1, 0.15) is 52.9 Å². The summed E-state index contributed by atoms with van der Waals surface area (Å²) in [6, 6.07) is 13.9. The van der Waals surface area contributed by atoms with Gasteiger partial charge in [0.2, 0.25) is 0 Å². The second-order valence-corrected chi connectivity index (χ2v) is 8.07. The molecule has 0 saturated carbocycles. The molecule has 0 saturated heterocycles. The third-order valence-electron chi connectivity index (χ3n) is 5.08. The van der Waals surface area contributed by atoms with E-state index in [9.17, 15) is 4.79 Å². The van der Waals surface area contributed by atoms with E-state index in [-0.39, 0.29) is 11.8 Å². The van der Waals surface area contributed by atoms with E-state index < -0.39 is 0 Å². The molecule has 2 aromatic carbocycles. The van der Waals surface area contributed by atoms with Crippen molar-refractivity contribution < 1.29 is 4.79 Å². The smallest absolute Gasteiger partial charge is 0.251 e. The van der Waals surface area contributed by atoms with Gasteiger partial charge in [0.05, 0.1) is 29.8 Å². The number of tetrazole rings is 1. The quantitative estimate of drug-likeness (QED) is 0.503. The number of hydrogen-bond donors (Lipinski definition) is 1. The molecular weight excluding hydrogens is 402 g/mol. The zero-order valence-corrected chi connectivity index (χ0v) is 18.6. The first-order valence-electron chi connectivity index (χ1n) is 10.5. The molecule has 4 rings (SSSR count). The maximum absolute atomic E-state index is 13.0. The Morgan fingerprint density at radius 1 is 1.00 bits per heavy atom. The molecule has 0 bridgehead atoms. The van der Waals surface area contributed by atoms with Crippen molar-refractivity contribution in [2.75, 3.05) is 0 Å². The van der Waals surface area contributed by atoms with Crippen LogP contribution in [0.25, 0.3) is 16.8 Å². The Morgan fingerprint density at radius 2 is 1.78 bits per heavy atom. The molecule has 32 heavy (non-hydrogen) atoms. The fourth-order valence-corrected chi connectivity index (χ4v) is 3.30. The number of hydrogen-bond acceptors (Lipinski definition) is 6. The van der Waals surface area contributed by atoms with E-state index in [2.05, 4.69) is 30.8 Å². The minimum atomic E-state index is -0.207. The molecule has 0 aliphatic heterocycles. The number of aryl methyl sites for hydroxylation is 2. The Kier molecular flexibility index (Phi) is 6.02. The van der Waals surface area contributed by atoms with E-state index in [1.165, 1.54) is 5.56 Å². The number of carbonyl (C=O) groups is 1. The molecule has 4 aromatic rings. The number of nitrogens with one attached hydrogen (secondary N) is 1. The second kappa shape index (κ2) is 9.05. The van der Waals surface area contributed by atoms with Crippen LogP contribution in [0.2, 0.25) is 0 Å². The van der Waals surface area contributed by atoms with Gasteiger partial charge in [-0.1, -0.05) is 43.7 Å².